The molecule has 2 amide bonds. The van der Waals surface area contributed by atoms with Gasteiger partial charge in [0.15, 0.2) is 0 Å². The Morgan fingerprint density at radius 3 is 2.57 bits per heavy atom. The number of thiophene rings is 1. The molecule has 7 heteroatoms. The maximum atomic E-state index is 12.2. The summed E-state index contributed by atoms with van der Waals surface area (Å²) in [5.41, 5.74) is 7.54. The Bertz CT molecular complexity index is 661. The quantitative estimate of drug-likeness (QED) is 0.847. The number of hydrogen-bond acceptors (Lipinski definition) is 4. The molecule has 2 aromatic rings. The summed E-state index contributed by atoms with van der Waals surface area (Å²) < 4.78 is 1.75. The van der Waals surface area contributed by atoms with Crippen LogP contribution < -0.4 is 10.9 Å². The number of carbonyl (C=O) groups is 2. The van der Waals surface area contributed by atoms with Gasteiger partial charge in [-0.25, -0.2) is 0 Å². The molecule has 0 aliphatic carbocycles. The number of nitrogens with one attached hydrogen (secondary N) is 2. The van der Waals surface area contributed by atoms with Gasteiger partial charge >= 0.3 is 0 Å². The van der Waals surface area contributed by atoms with Gasteiger partial charge in [0.1, 0.15) is 0 Å². The van der Waals surface area contributed by atoms with Gasteiger partial charge in [0, 0.05) is 18.3 Å². The van der Waals surface area contributed by atoms with E-state index in [1.807, 2.05) is 26.3 Å². The van der Waals surface area contributed by atoms with Crippen molar-refractivity contribution in [2.45, 2.75) is 26.7 Å². The Labute approximate surface area is 127 Å². The minimum atomic E-state index is -0.387. The second kappa shape index (κ2) is 6.09. The maximum Gasteiger partial charge on any atom is 0.279 e. The van der Waals surface area contributed by atoms with E-state index in [0.29, 0.717) is 4.88 Å². The molecule has 2 N–H and O–H groups in total. The third-order valence-corrected chi connectivity index (χ3v) is 4.30. The van der Waals surface area contributed by atoms with Gasteiger partial charge in [0.2, 0.25) is 5.91 Å². The Morgan fingerprint density at radius 2 is 2.05 bits per heavy atom. The molecule has 0 saturated heterocycles. The van der Waals surface area contributed by atoms with Gasteiger partial charge in [-0.2, -0.15) is 5.10 Å². The minimum absolute atomic E-state index is 0.265. The molecule has 2 aromatic heterocycles. The highest BCUT2D eigenvalue weighted by Gasteiger charge is 2.23. The average molecular weight is 306 g/mol. The van der Waals surface area contributed by atoms with E-state index in [2.05, 4.69) is 16.0 Å². The maximum absolute atomic E-state index is 12.2. The monoisotopic (exact) mass is 306 g/mol. The molecule has 112 valence electrons. The van der Waals surface area contributed by atoms with E-state index in [4.69, 9.17) is 0 Å². The van der Waals surface area contributed by atoms with Crippen molar-refractivity contribution in [1.29, 1.82) is 0 Å². The zero-order chi connectivity index (χ0) is 15.6. The van der Waals surface area contributed by atoms with Crippen molar-refractivity contribution in [3.63, 3.8) is 0 Å². The largest absolute Gasteiger partial charge is 0.279 e. The van der Waals surface area contributed by atoms with Crippen LogP contribution in [0.4, 0.5) is 0 Å². The molecule has 0 unspecified atom stereocenters. The fraction of sp³-hybridized carbons (Fsp3) is 0.357. The molecule has 0 aliphatic heterocycles. The first-order chi connectivity index (χ1) is 9.91. The van der Waals surface area contributed by atoms with E-state index in [9.17, 15) is 9.59 Å². The highest BCUT2D eigenvalue weighted by Crippen LogP contribution is 2.22. The van der Waals surface area contributed by atoms with E-state index >= 15 is 0 Å². The second-order valence-corrected chi connectivity index (χ2v) is 5.80. The molecule has 2 heterocycles. The Hall–Kier alpha value is -2.15. The van der Waals surface area contributed by atoms with Crippen LogP contribution in [0.3, 0.4) is 0 Å². The summed E-state index contributed by atoms with van der Waals surface area (Å²) in [5.74, 6) is -0.966. The number of hydrogen-bond donors (Lipinski definition) is 2. The van der Waals surface area contributed by atoms with Crippen LogP contribution in [0, 0.1) is 13.8 Å². The topological polar surface area (TPSA) is 76.0 Å². The molecule has 0 bridgehead atoms. The molecule has 0 aromatic carbocycles. The number of nitrogens with zero attached hydrogens (tertiary/aromatic N) is 2. The highest BCUT2D eigenvalue weighted by molar-refractivity contribution is 7.12. The van der Waals surface area contributed by atoms with E-state index < -0.39 is 0 Å². The summed E-state index contributed by atoms with van der Waals surface area (Å²) in [4.78, 5) is 24.5. The van der Waals surface area contributed by atoms with E-state index in [1.54, 1.807) is 23.7 Å². The second-order valence-electron chi connectivity index (χ2n) is 4.85. The van der Waals surface area contributed by atoms with Gasteiger partial charge in [0.25, 0.3) is 5.91 Å². The summed E-state index contributed by atoms with van der Waals surface area (Å²) in [6.45, 7) is 5.59. The molecule has 1 atom stereocenters. The first kappa shape index (κ1) is 15.2. The average Bonchev–Trinajstić information content (AvgIpc) is 3.05. The third-order valence-electron chi connectivity index (χ3n) is 3.44. The fourth-order valence-corrected chi connectivity index (χ4v) is 2.86. The number of hydrazine groups is 1. The number of aromatic nitrogens is 2. The van der Waals surface area contributed by atoms with E-state index in [1.165, 1.54) is 11.3 Å². The number of amides is 2. The molecule has 0 saturated carbocycles. The summed E-state index contributed by atoms with van der Waals surface area (Å²) in [6.07, 6.45) is 0. The summed E-state index contributed by atoms with van der Waals surface area (Å²) in [6, 6.07) is 3.48. The van der Waals surface area contributed by atoms with Crippen LogP contribution in [0.5, 0.6) is 0 Å². The van der Waals surface area contributed by atoms with Gasteiger partial charge in [-0.15, -0.1) is 11.3 Å². The Morgan fingerprint density at radius 1 is 1.33 bits per heavy atom. The van der Waals surface area contributed by atoms with Crippen molar-refractivity contribution < 1.29 is 9.59 Å². The Balaban J connectivity index is 2.02. The first-order valence-electron chi connectivity index (χ1n) is 6.55. The molecule has 6 nitrogen and oxygen atoms in total. The van der Waals surface area contributed by atoms with Gasteiger partial charge in [0.05, 0.1) is 16.5 Å². The lowest BCUT2D eigenvalue weighted by molar-refractivity contribution is -0.123. The van der Waals surface area contributed by atoms with Crippen LogP contribution in [-0.2, 0) is 11.8 Å². The third kappa shape index (κ3) is 3.13. The van der Waals surface area contributed by atoms with Crippen LogP contribution in [0.15, 0.2) is 17.5 Å². The van der Waals surface area contributed by atoms with Crippen molar-refractivity contribution in [3.8, 4) is 0 Å². The van der Waals surface area contributed by atoms with Gasteiger partial charge < -0.3 is 0 Å². The van der Waals surface area contributed by atoms with Crippen LogP contribution in [0.2, 0.25) is 0 Å². The van der Waals surface area contributed by atoms with Gasteiger partial charge in [-0.05, 0) is 32.2 Å². The standard InChI is InChI=1S/C14H18N4O2S/c1-8(12-9(2)17-18(4)10(12)3)13(19)15-16-14(20)11-6-5-7-21-11/h5-8H,1-4H3,(H,15,19)(H,16,20)/t8-/m1/s1. The number of aryl methyl sites for hydroxylation is 2. The fourth-order valence-electron chi connectivity index (χ4n) is 2.24. The van der Waals surface area contributed by atoms with Crippen molar-refractivity contribution in [2.75, 3.05) is 0 Å². The molecular formula is C14H18N4O2S. The molecule has 0 fully saturated rings. The predicted octanol–water partition coefficient (Wildman–Crippen LogP) is 1.66. The molecule has 2 rings (SSSR count). The van der Waals surface area contributed by atoms with Crippen LogP contribution in [0.25, 0.3) is 0 Å². The van der Waals surface area contributed by atoms with E-state index in [0.717, 1.165) is 17.0 Å². The lowest BCUT2D eigenvalue weighted by Gasteiger charge is -2.13. The summed E-state index contributed by atoms with van der Waals surface area (Å²) in [7, 11) is 1.84. The lowest BCUT2D eigenvalue weighted by atomic mass is 9.98. The SMILES string of the molecule is Cc1nn(C)c(C)c1[C@@H](C)C(=O)NNC(=O)c1cccs1. The van der Waals surface area contributed by atoms with Crippen molar-refractivity contribution in [2.24, 2.45) is 7.05 Å². The van der Waals surface area contributed by atoms with Crippen LogP contribution in [0.1, 0.15) is 39.5 Å². The van der Waals surface area contributed by atoms with Crippen molar-refractivity contribution in [3.05, 3.63) is 39.3 Å². The zero-order valence-corrected chi connectivity index (χ0v) is 13.2. The first-order valence-corrected chi connectivity index (χ1v) is 7.43. The molecule has 21 heavy (non-hydrogen) atoms. The lowest BCUT2D eigenvalue weighted by Crippen LogP contribution is -2.43. The van der Waals surface area contributed by atoms with Crippen LogP contribution >= 0.6 is 11.3 Å². The van der Waals surface area contributed by atoms with Crippen molar-refractivity contribution in [1.82, 2.24) is 20.6 Å². The smallest absolute Gasteiger partial charge is 0.273 e. The normalized spacial score (nSPS) is 12.0. The van der Waals surface area contributed by atoms with Crippen molar-refractivity contribution >= 4 is 23.2 Å². The van der Waals surface area contributed by atoms with Gasteiger partial charge in [-0.3, -0.25) is 25.1 Å². The predicted molar refractivity (Wildman–Crippen MR) is 81.0 cm³/mol. The Kier molecular flexibility index (Phi) is 4.42. The molecule has 0 aliphatic rings. The number of carbonyl (C=O) groups excluding carboxylic acids is 2. The van der Waals surface area contributed by atoms with Gasteiger partial charge in [-0.1, -0.05) is 6.07 Å². The molecule has 0 radical (unpaired) electrons. The highest BCUT2D eigenvalue weighted by atomic mass is 32.1. The van der Waals surface area contributed by atoms with E-state index in [-0.39, 0.29) is 17.7 Å². The number of rotatable bonds is 3. The van der Waals surface area contributed by atoms with Crippen LogP contribution in [-0.4, -0.2) is 21.6 Å². The zero-order valence-electron chi connectivity index (χ0n) is 12.4. The summed E-state index contributed by atoms with van der Waals surface area (Å²) in [5, 5.41) is 6.11. The molecule has 0 spiro atoms. The minimum Gasteiger partial charge on any atom is -0.273 e. The molecular weight excluding hydrogens is 288 g/mol. The summed E-state index contributed by atoms with van der Waals surface area (Å²) >= 11 is 1.32.